The van der Waals surface area contributed by atoms with Crippen LogP contribution in [0.15, 0.2) is 48.5 Å². The van der Waals surface area contributed by atoms with Gasteiger partial charge in [0.1, 0.15) is 18.3 Å². The minimum absolute atomic E-state index is 0.159. The molecule has 0 spiro atoms. The van der Waals surface area contributed by atoms with Crippen molar-refractivity contribution in [2.45, 2.75) is 38.4 Å². The highest BCUT2D eigenvalue weighted by Crippen LogP contribution is 2.30. The van der Waals surface area contributed by atoms with Gasteiger partial charge in [-0.05, 0) is 29.7 Å². The molecule has 7 nitrogen and oxygen atoms in total. The zero-order valence-electron chi connectivity index (χ0n) is 21.2. The lowest BCUT2D eigenvalue weighted by Gasteiger charge is -2.26. The zero-order chi connectivity index (χ0) is 30.3. The number of alkyl halides is 5. The first kappa shape index (κ1) is 33.0. The number of nitrogens with one attached hydrogen (secondary N) is 2. The molecule has 0 bridgehead atoms. The van der Waals surface area contributed by atoms with Gasteiger partial charge in [-0.1, -0.05) is 67.4 Å². The highest BCUT2D eigenvalue weighted by Gasteiger charge is 2.51. The van der Waals surface area contributed by atoms with Gasteiger partial charge < -0.3 is 15.4 Å². The van der Waals surface area contributed by atoms with E-state index in [9.17, 15) is 41.1 Å². The molecule has 0 aliphatic heterocycles. The predicted molar refractivity (Wildman–Crippen MR) is 136 cm³/mol. The van der Waals surface area contributed by atoms with Crippen molar-refractivity contribution in [3.8, 4) is 5.75 Å². The molecule has 2 amide bonds. The lowest BCUT2D eigenvalue weighted by Crippen LogP contribution is -2.51. The third-order valence-electron chi connectivity index (χ3n) is 5.57. The summed E-state index contributed by atoms with van der Waals surface area (Å²) >= 11 is 11.8. The molecule has 0 aromatic heterocycles. The van der Waals surface area contributed by atoms with Crippen molar-refractivity contribution in [2.24, 2.45) is 11.8 Å². The Balaban J connectivity index is 2.21. The van der Waals surface area contributed by atoms with E-state index in [4.69, 9.17) is 27.9 Å². The molecule has 0 aliphatic rings. The SMILES string of the molecule is CC(C)[C@H](CC(=O)[C@@H](NC(=O)COc1cc(Cl)cc(Cl)c1)c1ccccc1)C(=O)C(F)(F)C(=O)NCC(F)(F)F. The second kappa shape index (κ2) is 13.9. The molecule has 2 rings (SSSR count). The number of benzene rings is 2. The van der Waals surface area contributed by atoms with Crippen molar-refractivity contribution in [3.05, 3.63) is 64.1 Å². The summed E-state index contributed by atoms with van der Waals surface area (Å²) in [5.74, 6) is -13.4. The van der Waals surface area contributed by atoms with Crippen LogP contribution in [0, 0.1) is 11.8 Å². The highest BCUT2D eigenvalue weighted by molar-refractivity contribution is 6.34. The van der Waals surface area contributed by atoms with Gasteiger partial charge in [0.2, 0.25) is 5.78 Å². The van der Waals surface area contributed by atoms with E-state index in [2.05, 4.69) is 5.32 Å². The second-order valence-electron chi connectivity index (χ2n) is 9.06. The van der Waals surface area contributed by atoms with Gasteiger partial charge in [-0.2, -0.15) is 22.0 Å². The predicted octanol–water partition coefficient (Wildman–Crippen LogP) is 5.34. The maximum Gasteiger partial charge on any atom is 0.405 e. The molecule has 40 heavy (non-hydrogen) atoms. The number of carbonyl (C=O) groups is 4. The molecule has 2 atom stereocenters. The van der Waals surface area contributed by atoms with E-state index in [1.807, 2.05) is 0 Å². The molecule has 0 saturated carbocycles. The van der Waals surface area contributed by atoms with Gasteiger partial charge in [-0.3, -0.25) is 19.2 Å². The first-order valence-electron chi connectivity index (χ1n) is 11.7. The Hall–Kier alpha value is -3.25. The number of carbonyl (C=O) groups excluding carboxylic acids is 4. The second-order valence-corrected chi connectivity index (χ2v) is 9.94. The molecule has 0 aliphatic carbocycles. The topological polar surface area (TPSA) is 102 Å². The maximum absolute atomic E-state index is 14.6. The summed E-state index contributed by atoms with van der Waals surface area (Å²) in [7, 11) is 0. The van der Waals surface area contributed by atoms with Gasteiger partial charge >= 0.3 is 12.1 Å². The van der Waals surface area contributed by atoms with E-state index in [-0.39, 0.29) is 21.4 Å². The number of ketones is 2. The molecule has 0 fully saturated rings. The van der Waals surface area contributed by atoms with Crippen molar-refractivity contribution < 1.29 is 45.9 Å². The Morgan fingerprint density at radius 2 is 1.50 bits per heavy atom. The van der Waals surface area contributed by atoms with E-state index in [1.54, 1.807) is 18.2 Å². The van der Waals surface area contributed by atoms with Gasteiger partial charge in [0.05, 0.1) is 0 Å². The van der Waals surface area contributed by atoms with E-state index in [0.29, 0.717) is 0 Å². The van der Waals surface area contributed by atoms with E-state index in [1.165, 1.54) is 44.2 Å². The van der Waals surface area contributed by atoms with Gasteiger partial charge in [0, 0.05) is 22.4 Å². The smallest absolute Gasteiger partial charge is 0.405 e. The summed E-state index contributed by atoms with van der Waals surface area (Å²) < 4.78 is 71.5. The van der Waals surface area contributed by atoms with E-state index < -0.39 is 72.9 Å². The molecule has 0 saturated heterocycles. The first-order valence-corrected chi connectivity index (χ1v) is 12.5. The van der Waals surface area contributed by atoms with Crippen LogP contribution in [-0.2, 0) is 19.2 Å². The molecular weight excluding hydrogens is 586 g/mol. The van der Waals surface area contributed by atoms with Crippen LogP contribution >= 0.6 is 23.2 Å². The molecule has 14 heteroatoms. The number of amides is 2. The summed E-state index contributed by atoms with van der Waals surface area (Å²) in [6, 6.07) is 10.5. The van der Waals surface area contributed by atoms with E-state index in [0.717, 1.165) is 5.32 Å². The average Bonchev–Trinajstić information content (AvgIpc) is 2.86. The molecule has 0 unspecified atom stereocenters. The maximum atomic E-state index is 14.6. The van der Waals surface area contributed by atoms with Crippen molar-refractivity contribution in [3.63, 3.8) is 0 Å². The van der Waals surface area contributed by atoms with Crippen molar-refractivity contribution in [1.82, 2.24) is 10.6 Å². The van der Waals surface area contributed by atoms with Crippen LogP contribution in [0.4, 0.5) is 22.0 Å². The monoisotopic (exact) mass is 610 g/mol. The summed E-state index contributed by atoms with van der Waals surface area (Å²) in [6.45, 7) is 0.0159. The number of hydrogen-bond acceptors (Lipinski definition) is 5. The molecule has 2 N–H and O–H groups in total. The molecule has 2 aromatic rings. The van der Waals surface area contributed by atoms with Crippen LogP contribution in [0.3, 0.4) is 0 Å². The molecule has 2 aromatic carbocycles. The number of hydrogen-bond donors (Lipinski definition) is 2. The normalized spacial score (nSPS) is 13.3. The van der Waals surface area contributed by atoms with Gasteiger partial charge in [0.15, 0.2) is 12.4 Å². The summed E-state index contributed by atoms with van der Waals surface area (Å²) in [5, 5.41) is 3.91. The van der Waals surface area contributed by atoms with Gasteiger partial charge in [-0.25, -0.2) is 0 Å². The minimum atomic E-state index is -4.98. The van der Waals surface area contributed by atoms with E-state index >= 15 is 0 Å². The Morgan fingerprint density at radius 3 is 2.02 bits per heavy atom. The van der Waals surface area contributed by atoms with Crippen LogP contribution in [0.2, 0.25) is 10.0 Å². The Morgan fingerprint density at radius 1 is 0.925 bits per heavy atom. The molecule has 0 radical (unpaired) electrons. The van der Waals surface area contributed by atoms with Gasteiger partial charge in [0.25, 0.3) is 11.8 Å². The first-order chi connectivity index (χ1) is 18.5. The fourth-order valence-corrected chi connectivity index (χ4v) is 4.07. The lowest BCUT2D eigenvalue weighted by molar-refractivity contribution is -0.167. The van der Waals surface area contributed by atoms with Crippen LogP contribution in [0.25, 0.3) is 0 Å². The van der Waals surface area contributed by atoms with Crippen LogP contribution in [0.5, 0.6) is 5.75 Å². The van der Waals surface area contributed by atoms with Crippen LogP contribution in [0.1, 0.15) is 31.9 Å². The van der Waals surface area contributed by atoms with Crippen LogP contribution < -0.4 is 15.4 Å². The minimum Gasteiger partial charge on any atom is -0.484 e. The molecule has 0 heterocycles. The van der Waals surface area contributed by atoms with Gasteiger partial charge in [-0.15, -0.1) is 0 Å². The summed E-state index contributed by atoms with van der Waals surface area (Å²) in [6.07, 6.45) is -5.82. The third kappa shape index (κ3) is 9.74. The number of Topliss-reactive ketones (excluding diaryl/α,β-unsaturated/α-hetero) is 2. The summed E-state index contributed by atoms with van der Waals surface area (Å²) in [4.78, 5) is 50.3. The number of rotatable bonds is 13. The Labute approximate surface area is 236 Å². The number of halogens is 7. The summed E-state index contributed by atoms with van der Waals surface area (Å²) in [5.41, 5.74) is 0.260. The fourth-order valence-electron chi connectivity index (χ4n) is 3.56. The lowest BCUT2D eigenvalue weighted by atomic mass is 9.82. The zero-order valence-corrected chi connectivity index (χ0v) is 22.7. The van der Waals surface area contributed by atoms with Crippen molar-refractivity contribution in [2.75, 3.05) is 13.2 Å². The largest absolute Gasteiger partial charge is 0.484 e. The fraction of sp³-hybridized carbons (Fsp3) is 0.385. The Bertz CT molecular complexity index is 1210. The molecular formula is C26H25Cl2F5N2O5. The molecule has 218 valence electrons. The van der Waals surface area contributed by atoms with Crippen molar-refractivity contribution in [1.29, 1.82) is 0 Å². The van der Waals surface area contributed by atoms with Crippen molar-refractivity contribution >= 4 is 46.6 Å². The highest BCUT2D eigenvalue weighted by atomic mass is 35.5. The number of ether oxygens (including phenoxy) is 1. The van der Waals surface area contributed by atoms with Crippen LogP contribution in [-0.4, -0.2) is 48.6 Å². The Kier molecular flexibility index (Phi) is 11.4. The third-order valence-corrected chi connectivity index (χ3v) is 6.01. The standard InChI is InChI=1S/C26H25Cl2F5N2O5/c1-14(2)19(23(38)26(32,33)24(39)34-13-25(29,30)31)11-20(36)22(15-6-4-3-5-7-15)35-21(37)12-40-18-9-16(27)8-17(28)10-18/h3-10,14,19,22H,11-13H2,1-2H3,(H,34,39)(H,35,37)/t19-,22-/m0/s1. The quantitative estimate of drug-likeness (QED) is 0.235. The average molecular weight is 611 g/mol.